The number of rotatable bonds is 5. The third-order valence-electron chi connectivity index (χ3n) is 4.10. The Morgan fingerprint density at radius 2 is 1.52 bits per heavy atom. The summed E-state index contributed by atoms with van der Waals surface area (Å²) in [5, 5.41) is 12.5. The van der Waals surface area contributed by atoms with E-state index in [1.807, 2.05) is 54.6 Å². The van der Waals surface area contributed by atoms with Gasteiger partial charge in [0.1, 0.15) is 0 Å². The molecule has 0 saturated carbocycles. The van der Waals surface area contributed by atoms with Crippen molar-refractivity contribution < 1.29 is 4.73 Å². The van der Waals surface area contributed by atoms with Gasteiger partial charge >= 0.3 is 0 Å². The Morgan fingerprint density at radius 1 is 0.870 bits per heavy atom. The fraction of sp³-hybridized carbons (Fsp3) is 0.190. The molecule has 0 aliphatic carbocycles. The fourth-order valence-corrected chi connectivity index (χ4v) is 3.02. The van der Waals surface area contributed by atoms with Gasteiger partial charge in [-0.2, -0.15) is 4.73 Å². The molecule has 23 heavy (non-hydrogen) atoms. The molecule has 2 nitrogen and oxygen atoms in total. The van der Waals surface area contributed by atoms with Gasteiger partial charge in [0, 0.05) is 23.6 Å². The van der Waals surface area contributed by atoms with Gasteiger partial charge < -0.3 is 5.21 Å². The molecule has 0 bridgehead atoms. The molecule has 0 saturated heterocycles. The second-order valence-electron chi connectivity index (χ2n) is 5.77. The van der Waals surface area contributed by atoms with Crippen molar-refractivity contribution in [2.45, 2.75) is 26.2 Å². The second-order valence-corrected chi connectivity index (χ2v) is 5.77. The predicted molar refractivity (Wildman–Crippen MR) is 94.1 cm³/mol. The molecule has 0 amide bonds. The van der Waals surface area contributed by atoms with Crippen molar-refractivity contribution in [2.75, 3.05) is 0 Å². The summed E-state index contributed by atoms with van der Waals surface area (Å²) in [6.45, 7) is 2.17. The lowest BCUT2D eigenvalue weighted by Gasteiger charge is -2.14. The highest BCUT2D eigenvalue weighted by atomic mass is 16.5. The number of pyridine rings is 1. The standard InChI is InChI=1S/C21H21NO/c1-2-9-18-14-15-22(23)21(19-12-7-4-8-13-19)20(18)16-17-10-5-3-6-11-17/h3-8,10-15H,2,9,16H2,1H3. The molecule has 1 aromatic heterocycles. The number of aromatic nitrogens is 1. The van der Waals surface area contributed by atoms with E-state index in [0.717, 1.165) is 40.8 Å². The third kappa shape index (κ3) is 3.42. The van der Waals surface area contributed by atoms with Crippen LogP contribution in [0.15, 0.2) is 72.9 Å². The van der Waals surface area contributed by atoms with Crippen molar-refractivity contribution in [3.8, 4) is 11.3 Å². The third-order valence-corrected chi connectivity index (χ3v) is 4.10. The highest BCUT2D eigenvalue weighted by molar-refractivity contribution is 5.62. The Balaban J connectivity index is 2.15. The van der Waals surface area contributed by atoms with Gasteiger partial charge in [-0.25, -0.2) is 0 Å². The van der Waals surface area contributed by atoms with Gasteiger partial charge in [-0.15, -0.1) is 0 Å². The van der Waals surface area contributed by atoms with Crippen LogP contribution in [-0.4, -0.2) is 0 Å². The molecule has 0 N–H and O–H groups in total. The van der Waals surface area contributed by atoms with Crippen LogP contribution < -0.4 is 4.73 Å². The second kappa shape index (κ2) is 7.10. The van der Waals surface area contributed by atoms with E-state index in [4.69, 9.17) is 0 Å². The molecule has 0 unspecified atom stereocenters. The number of nitrogens with zero attached hydrogens (tertiary/aromatic N) is 1. The van der Waals surface area contributed by atoms with Gasteiger partial charge in [-0.1, -0.05) is 61.9 Å². The highest BCUT2D eigenvalue weighted by Crippen LogP contribution is 2.26. The largest absolute Gasteiger partial charge is 0.618 e. The molecule has 116 valence electrons. The Labute approximate surface area is 137 Å². The van der Waals surface area contributed by atoms with Crippen LogP contribution in [0.5, 0.6) is 0 Å². The minimum Gasteiger partial charge on any atom is -0.618 e. The molecule has 0 fully saturated rings. The zero-order chi connectivity index (χ0) is 16.1. The number of hydrogen-bond donors (Lipinski definition) is 0. The highest BCUT2D eigenvalue weighted by Gasteiger charge is 2.19. The van der Waals surface area contributed by atoms with E-state index >= 15 is 0 Å². The molecule has 2 heteroatoms. The number of benzene rings is 2. The normalized spacial score (nSPS) is 10.7. The molecule has 0 atom stereocenters. The molecule has 1 heterocycles. The van der Waals surface area contributed by atoms with Crippen LogP contribution in [0, 0.1) is 5.21 Å². The van der Waals surface area contributed by atoms with Crippen LogP contribution in [0.1, 0.15) is 30.0 Å². The van der Waals surface area contributed by atoms with E-state index in [1.165, 1.54) is 11.1 Å². The minimum absolute atomic E-state index is 0.778. The summed E-state index contributed by atoms with van der Waals surface area (Å²) in [6.07, 6.45) is 4.48. The summed E-state index contributed by atoms with van der Waals surface area (Å²) in [6, 6.07) is 22.3. The number of hydrogen-bond acceptors (Lipinski definition) is 1. The van der Waals surface area contributed by atoms with Crippen molar-refractivity contribution in [1.29, 1.82) is 0 Å². The van der Waals surface area contributed by atoms with Gasteiger partial charge in [0.05, 0.1) is 0 Å². The van der Waals surface area contributed by atoms with Crippen LogP contribution >= 0.6 is 0 Å². The maximum atomic E-state index is 12.5. The first-order valence-electron chi connectivity index (χ1n) is 8.13. The van der Waals surface area contributed by atoms with Crippen LogP contribution in [0.3, 0.4) is 0 Å². The lowest BCUT2D eigenvalue weighted by atomic mass is 9.93. The number of aryl methyl sites for hydroxylation is 1. The van der Waals surface area contributed by atoms with Crippen LogP contribution in [0.4, 0.5) is 0 Å². The average molecular weight is 303 g/mol. The molecule has 0 aliphatic heterocycles. The topological polar surface area (TPSA) is 26.9 Å². The monoisotopic (exact) mass is 303 g/mol. The van der Waals surface area contributed by atoms with Gasteiger partial charge in [-0.3, -0.25) is 0 Å². The molecule has 0 radical (unpaired) electrons. The Bertz CT molecular complexity index is 767. The summed E-state index contributed by atoms with van der Waals surface area (Å²) < 4.78 is 1.01. The summed E-state index contributed by atoms with van der Waals surface area (Å²) in [5.74, 6) is 0. The molecule has 3 aromatic rings. The quantitative estimate of drug-likeness (QED) is 0.502. The zero-order valence-corrected chi connectivity index (χ0v) is 13.4. The first kappa shape index (κ1) is 15.3. The molecule has 3 rings (SSSR count). The molecular weight excluding hydrogens is 282 g/mol. The van der Waals surface area contributed by atoms with E-state index in [-0.39, 0.29) is 0 Å². The molecular formula is C21H21NO. The zero-order valence-electron chi connectivity index (χ0n) is 13.4. The maximum Gasteiger partial charge on any atom is 0.227 e. The van der Waals surface area contributed by atoms with Gasteiger partial charge in [-0.05, 0) is 29.7 Å². The van der Waals surface area contributed by atoms with E-state index in [1.54, 1.807) is 6.20 Å². The Kier molecular flexibility index (Phi) is 4.72. The van der Waals surface area contributed by atoms with Crippen molar-refractivity contribution in [3.05, 3.63) is 94.8 Å². The molecule has 0 spiro atoms. The lowest BCUT2D eigenvalue weighted by Crippen LogP contribution is -2.31. The molecule has 2 aromatic carbocycles. The summed E-state index contributed by atoms with van der Waals surface area (Å²) >= 11 is 0. The van der Waals surface area contributed by atoms with Crippen molar-refractivity contribution in [2.24, 2.45) is 0 Å². The maximum absolute atomic E-state index is 12.5. The van der Waals surface area contributed by atoms with E-state index < -0.39 is 0 Å². The predicted octanol–water partition coefficient (Wildman–Crippen LogP) is 4.53. The first-order valence-corrected chi connectivity index (χ1v) is 8.13. The van der Waals surface area contributed by atoms with Crippen LogP contribution in [0.25, 0.3) is 11.3 Å². The van der Waals surface area contributed by atoms with Crippen molar-refractivity contribution in [3.63, 3.8) is 0 Å². The summed E-state index contributed by atoms with van der Waals surface area (Å²) in [7, 11) is 0. The Morgan fingerprint density at radius 3 is 2.17 bits per heavy atom. The minimum atomic E-state index is 0.778. The summed E-state index contributed by atoms with van der Waals surface area (Å²) in [4.78, 5) is 0. The average Bonchev–Trinajstić information content (AvgIpc) is 2.59. The van der Waals surface area contributed by atoms with E-state index in [9.17, 15) is 5.21 Å². The van der Waals surface area contributed by atoms with Crippen molar-refractivity contribution in [1.82, 2.24) is 0 Å². The van der Waals surface area contributed by atoms with Gasteiger partial charge in [0.15, 0.2) is 6.20 Å². The van der Waals surface area contributed by atoms with Gasteiger partial charge in [0.2, 0.25) is 5.69 Å². The van der Waals surface area contributed by atoms with Gasteiger partial charge in [0.25, 0.3) is 0 Å². The SMILES string of the molecule is CCCc1cc[n+]([O-])c(-c2ccccc2)c1Cc1ccccc1. The fourth-order valence-electron chi connectivity index (χ4n) is 3.02. The Hall–Kier alpha value is -2.61. The lowest BCUT2D eigenvalue weighted by molar-refractivity contribution is -0.594. The first-order chi connectivity index (χ1) is 11.3. The smallest absolute Gasteiger partial charge is 0.227 e. The molecule has 0 aliphatic rings. The van der Waals surface area contributed by atoms with E-state index in [0.29, 0.717) is 0 Å². The van der Waals surface area contributed by atoms with Crippen molar-refractivity contribution >= 4 is 0 Å². The van der Waals surface area contributed by atoms with E-state index in [2.05, 4.69) is 19.1 Å². The van der Waals surface area contributed by atoms with Crippen LogP contribution in [0.2, 0.25) is 0 Å². The van der Waals surface area contributed by atoms with Crippen LogP contribution in [-0.2, 0) is 12.8 Å². The summed E-state index contributed by atoms with van der Waals surface area (Å²) in [5.41, 5.74) is 5.39.